The first-order valence-corrected chi connectivity index (χ1v) is 4.73. The molecule has 0 saturated heterocycles. The molecule has 0 spiro atoms. The normalized spacial score (nSPS) is 31.0. The van der Waals surface area contributed by atoms with Gasteiger partial charge >= 0.3 is 0 Å². The number of hydrogen-bond donors (Lipinski definition) is 2. The second-order valence-electron chi connectivity index (χ2n) is 3.67. The van der Waals surface area contributed by atoms with Crippen LogP contribution in [0.3, 0.4) is 0 Å². The van der Waals surface area contributed by atoms with Gasteiger partial charge < -0.3 is 15.1 Å². The maximum absolute atomic E-state index is 9.27. The maximum atomic E-state index is 9.27. The summed E-state index contributed by atoms with van der Waals surface area (Å²) in [5, 5.41) is 18.0. The van der Waals surface area contributed by atoms with E-state index in [-0.39, 0.29) is 12.7 Å². The van der Waals surface area contributed by atoms with Crippen LogP contribution in [-0.2, 0) is 0 Å². The Morgan fingerprint density at radius 2 is 1.83 bits per heavy atom. The molecular weight excluding hydrogens is 154 g/mol. The molecule has 3 nitrogen and oxygen atoms in total. The van der Waals surface area contributed by atoms with Crippen LogP contribution in [0.5, 0.6) is 0 Å². The number of rotatable bonds is 3. The third-order valence-electron chi connectivity index (χ3n) is 2.74. The molecule has 0 bridgehead atoms. The number of hydrogen-bond acceptors (Lipinski definition) is 3. The Morgan fingerprint density at radius 3 is 2.33 bits per heavy atom. The molecule has 1 saturated carbocycles. The third-order valence-corrected chi connectivity index (χ3v) is 2.74. The molecule has 1 aliphatic carbocycles. The van der Waals surface area contributed by atoms with E-state index in [1.807, 2.05) is 7.05 Å². The lowest BCUT2D eigenvalue weighted by atomic mass is 9.92. The predicted molar refractivity (Wildman–Crippen MR) is 48.0 cm³/mol. The van der Waals surface area contributed by atoms with E-state index in [1.54, 1.807) is 0 Å². The van der Waals surface area contributed by atoms with E-state index in [2.05, 4.69) is 4.90 Å². The molecule has 1 fully saturated rings. The van der Waals surface area contributed by atoms with Gasteiger partial charge in [-0.1, -0.05) is 0 Å². The van der Waals surface area contributed by atoms with Crippen LogP contribution in [0.4, 0.5) is 0 Å². The standard InChI is InChI=1S/C9H19NO2/c1-10(6-7-11)8-2-4-9(12)5-3-8/h8-9,11-12H,2-7H2,1H3/t8-,9-. The maximum Gasteiger partial charge on any atom is 0.0558 e. The highest BCUT2D eigenvalue weighted by atomic mass is 16.3. The van der Waals surface area contributed by atoms with Crippen LogP contribution in [0.25, 0.3) is 0 Å². The molecule has 1 aliphatic rings. The first-order chi connectivity index (χ1) is 5.74. The summed E-state index contributed by atoms with van der Waals surface area (Å²) in [5.41, 5.74) is 0. The summed E-state index contributed by atoms with van der Waals surface area (Å²) in [6.45, 7) is 0.982. The van der Waals surface area contributed by atoms with Crippen molar-refractivity contribution in [3.8, 4) is 0 Å². The van der Waals surface area contributed by atoms with Gasteiger partial charge in [-0.2, -0.15) is 0 Å². The van der Waals surface area contributed by atoms with Crippen molar-refractivity contribution < 1.29 is 10.2 Å². The molecule has 0 radical (unpaired) electrons. The van der Waals surface area contributed by atoms with E-state index in [1.165, 1.54) is 0 Å². The van der Waals surface area contributed by atoms with E-state index in [4.69, 9.17) is 5.11 Å². The summed E-state index contributed by atoms with van der Waals surface area (Å²) in [6.07, 6.45) is 3.89. The lowest BCUT2D eigenvalue weighted by Gasteiger charge is -2.32. The molecule has 72 valence electrons. The van der Waals surface area contributed by atoms with Gasteiger partial charge in [0.15, 0.2) is 0 Å². The zero-order valence-corrected chi connectivity index (χ0v) is 7.74. The summed E-state index contributed by atoms with van der Waals surface area (Å²) in [6, 6.07) is 0.570. The summed E-state index contributed by atoms with van der Waals surface area (Å²) in [4.78, 5) is 2.19. The molecule has 0 aliphatic heterocycles. The smallest absolute Gasteiger partial charge is 0.0558 e. The molecule has 0 aromatic rings. The molecule has 0 atom stereocenters. The average Bonchev–Trinajstić information content (AvgIpc) is 2.06. The van der Waals surface area contributed by atoms with Gasteiger partial charge in [-0.15, -0.1) is 0 Å². The number of nitrogens with zero attached hydrogens (tertiary/aromatic N) is 1. The number of aliphatic hydroxyl groups excluding tert-OH is 2. The molecule has 1 rings (SSSR count). The second kappa shape index (κ2) is 4.80. The highest BCUT2D eigenvalue weighted by Crippen LogP contribution is 2.21. The highest BCUT2D eigenvalue weighted by molar-refractivity contribution is 4.77. The first-order valence-electron chi connectivity index (χ1n) is 4.73. The second-order valence-corrected chi connectivity index (χ2v) is 3.67. The minimum absolute atomic E-state index is 0.0798. The molecule has 0 aromatic heterocycles. The van der Waals surface area contributed by atoms with Gasteiger partial charge in [0, 0.05) is 12.6 Å². The van der Waals surface area contributed by atoms with Crippen molar-refractivity contribution in [1.82, 2.24) is 4.90 Å². The minimum Gasteiger partial charge on any atom is -0.395 e. The molecule has 3 heteroatoms. The van der Waals surface area contributed by atoms with Crippen LogP contribution >= 0.6 is 0 Å². The number of aliphatic hydroxyl groups is 2. The molecule has 2 N–H and O–H groups in total. The third kappa shape index (κ3) is 2.73. The Morgan fingerprint density at radius 1 is 1.25 bits per heavy atom. The van der Waals surface area contributed by atoms with Gasteiger partial charge in [-0.25, -0.2) is 0 Å². The lowest BCUT2D eigenvalue weighted by molar-refractivity contribution is 0.0772. The average molecular weight is 173 g/mol. The zero-order chi connectivity index (χ0) is 8.97. The Kier molecular flexibility index (Phi) is 3.98. The lowest BCUT2D eigenvalue weighted by Crippen LogP contribution is -2.37. The van der Waals surface area contributed by atoms with Gasteiger partial charge in [-0.05, 0) is 32.7 Å². The first kappa shape index (κ1) is 9.96. The van der Waals surface area contributed by atoms with Crippen LogP contribution in [-0.4, -0.2) is 47.5 Å². The fourth-order valence-electron chi connectivity index (χ4n) is 1.84. The molecule has 0 amide bonds. The summed E-state index contributed by atoms with van der Waals surface area (Å²) in [5.74, 6) is 0. The van der Waals surface area contributed by atoms with Gasteiger partial charge in [0.05, 0.1) is 12.7 Å². The largest absolute Gasteiger partial charge is 0.395 e. The highest BCUT2D eigenvalue weighted by Gasteiger charge is 2.21. The predicted octanol–water partition coefficient (Wildman–Crippen LogP) is 0.214. The van der Waals surface area contributed by atoms with Crippen molar-refractivity contribution in [2.45, 2.75) is 37.8 Å². The van der Waals surface area contributed by atoms with E-state index in [9.17, 15) is 5.11 Å². The molecule has 0 aromatic carbocycles. The summed E-state index contributed by atoms with van der Waals surface area (Å²) >= 11 is 0. The van der Waals surface area contributed by atoms with E-state index in [0.717, 1.165) is 32.2 Å². The zero-order valence-electron chi connectivity index (χ0n) is 7.74. The Labute approximate surface area is 74.0 Å². The van der Waals surface area contributed by atoms with Gasteiger partial charge in [0.1, 0.15) is 0 Å². The van der Waals surface area contributed by atoms with E-state index < -0.39 is 0 Å². The topological polar surface area (TPSA) is 43.7 Å². The van der Waals surface area contributed by atoms with Crippen molar-refractivity contribution in [2.75, 3.05) is 20.2 Å². The van der Waals surface area contributed by atoms with Crippen molar-refractivity contribution >= 4 is 0 Å². The summed E-state index contributed by atoms with van der Waals surface area (Å²) < 4.78 is 0. The van der Waals surface area contributed by atoms with Crippen molar-refractivity contribution in [3.05, 3.63) is 0 Å². The van der Waals surface area contributed by atoms with Crippen molar-refractivity contribution in [1.29, 1.82) is 0 Å². The SMILES string of the molecule is CN(CCO)[C@H]1CC[C@H](O)CC1. The van der Waals surface area contributed by atoms with Crippen molar-refractivity contribution in [2.24, 2.45) is 0 Å². The quantitative estimate of drug-likeness (QED) is 0.641. The van der Waals surface area contributed by atoms with E-state index in [0.29, 0.717) is 6.04 Å². The molecule has 0 unspecified atom stereocenters. The molecule has 12 heavy (non-hydrogen) atoms. The monoisotopic (exact) mass is 173 g/mol. The minimum atomic E-state index is -0.0798. The number of likely N-dealkylation sites (N-methyl/N-ethyl adjacent to an activating group) is 1. The van der Waals surface area contributed by atoms with Gasteiger partial charge in [0.25, 0.3) is 0 Å². The van der Waals surface area contributed by atoms with E-state index >= 15 is 0 Å². The van der Waals surface area contributed by atoms with Crippen LogP contribution in [0.15, 0.2) is 0 Å². The Bertz CT molecular complexity index is 122. The summed E-state index contributed by atoms with van der Waals surface area (Å²) in [7, 11) is 2.04. The van der Waals surface area contributed by atoms with Crippen LogP contribution < -0.4 is 0 Å². The van der Waals surface area contributed by atoms with Gasteiger partial charge in [0.2, 0.25) is 0 Å². The van der Waals surface area contributed by atoms with Crippen LogP contribution in [0, 0.1) is 0 Å². The Balaban J connectivity index is 2.24. The fourth-order valence-corrected chi connectivity index (χ4v) is 1.84. The van der Waals surface area contributed by atoms with Crippen LogP contribution in [0.1, 0.15) is 25.7 Å². The van der Waals surface area contributed by atoms with Crippen LogP contribution in [0.2, 0.25) is 0 Å². The fraction of sp³-hybridized carbons (Fsp3) is 1.00. The van der Waals surface area contributed by atoms with Crippen molar-refractivity contribution in [3.63, 3.8) is 0 Å². The molecular formula is C9H19NO2. The molecule has 0 heterocycles. The Hall–Kier alpha value is -0.120. The van der Waals surface area contributed by atoms with Gasteiger partial charge in [-0.3, -0.25) is 0 Å².